The van der Waals surface area contributed by atoms with E-state index in [1.54, 1.807) is 11.3 Å². The average molecular weight is 311 g/mol. The summed E-state index contributed by atoms with van der Waals surface area (Å²) in [6.45, 7) is 7.88. The number of nitrogens with zero attached hydrogens (tertiary/aromatic N) is 1. The first-order valence-electron chi connectivity index (χ1n) is 7.82. The standard InChI is InChI=1S/C16H29N3OS/c1-4-5-9-20-10-6-8-18-16(17-3)19-12-14(2)15-7-11-21-13-15/h7,11,13-14H,4-6,8-10,12H2,1-3H3,(H2,17,18,19). The summed E-state index contributed by atoms with van der Waals surface area (Å²) in [6.07, 6.45) is 3.35. The first-order chi connectivity index (χ1) is 10.3. The van der Waals surface area contributed by atoms with Gasteiger partial charge in [0, 0.05) is 33.4 Å². The summed E-state index contributed by atoms with van der Waals surface area (Å²) in [5.41, 5.74) is 1.38. The van der Waals surface area contributed by atoms with E-state index in [-0.39, 0.29) is 0 Å². The molecule has 0 amide bonds. The number of rotatable bonds is 10. The maximum Gasteiger partial charge on any atom is 0.190 e. The average Bonchev–Trinajstić information content (AvgIpc) is 3.03. The van der Waals surface area contributed by atoms with E-state index in [0.717, 1.165) is 45.1 Å². The van der Waals surface area contributed by atoms with Gasteiger partial charge < -0.3 is 15.4 Å². The van der Waals surface area contributed by atoms with Crippen molar-refractivity contribution >= 4 is 17.3 Å². The third kappa shape index (κ3) is 8.07. The minimum absolute atomic E-state index is 0.493. The maximum atomic E-state index is 5.54. The Morgan fingerprint density at radius 2 is 2.14 bits per heavy atom. The summed E-state index contributed by atoms with van der Waals surface area (Å²) >= 11 is 1.75. The summed E-state index contributed by atoms with van der Waals surface area (Å²) in [4.78, 5) is 4.24. The molecule has 21 heavy (non-hydrogen) atoms. The highest BCUT2D eigenvalue weighted by Gasteiger charge is 2.06. The molecular weight excluding hydrogens is 282 g/mol. The topological polar surface area (TPSA) is 45.6 Å². The second-order valence-electron chi connectivity index (χ2n) is 5.16. The fourth-order valence-corrected chi connectivity index (χ4v) is 2.66. The molecule has 4 nitrogen and oxygen atoms in total. The molecule has 1 aromatic heterocycles. The largest absolute Gasteiger partial charge is 0.381 e. The van der Waals surface area contributed by atoms with E-state index in [1.807, 2.05) is 7.05 Å². The predicted octanol–water partition coefficient (Wildman–Crippen LogP) is 3.22. The van der Waals surface area contributed by atoms with E-state index in [9.17, 15) is 0 Å². The SMILES string of the molecule is CCCCOCCCNC(=NC)NCC(C)c1ccsc1. The van der Waals surface area contributed by atoms with E-state index in [2.05, 4.69) is 46.3 Å². The summed E-state index contributed by atoms with van der Waals surface area (Å²) in [7, 11) is 1.81. The second-order valence-corrected chi connectivity index (χ2v) is 5.94. The molecule has 0 bridgehead atoms. The Morgan fingerprint density at radius 1 is 1.33 bits per heavy atom. The van der Waals surface area contributed by atoms with Crippen molar-refractivity contribution in [1.29, 1.82) is 0 Å². The second kappa shape index (κ2) is 11.6. The number of unbranched alkanes of at least 4 members (excludes halogenated alkanes) is 1. The first kappa shape index (κ1) is 18.0. The van der Waals surface area contributed by atoms with Gasteiger partial charge in [0.1, 0.15) is 0 Å². The molecule has 0 aromatic carbocycles. The number of thiophene rings is 1. The summed E-state index contributed by atoms with van der Waals surface area (Å²) in [5, 5.41) is 11.0. The Morgan fingerprint density at radius 3 is 2.81 bits per heavy atom. The molecule has 1 atom stereocenters. The third-order valence-corrected chi connectivity index (χ3v) is 4.01. The van der Waals surface area contributed by atoms with Crippen molar-refractivity contribution < 1.29 is 4.74 Å². The molecule has 0 aliphatic carbocycles. The smallest absolute Gasteiger partial charge is 0.190 e. The van der Waals surface area contributed by atoms with Crippen molar-refractivity contribution in [2.75, 3.05) is 33.4 Å². The lowest BCUT2D eigenvalue weighted by Gasteiger charge is -2.15. The highest BCUT2D eigenvalue weighted by Crippen LogP contribution is 2.16. The highest BCUT2D eigenvalue weighted by molar-refractivity contribution is 7.07. The third-order valence-electron chi connectivity index (χ3n) is 3.31. The van der Waals surface area contributed by atoms with Crippen LogP contribution < -0.4 is 10.6 Å². The Bertz CT molecular complexity index is 379. The molecule has 0 radical (unpaired) electrons. The number of ether oxygens (including phenoxy) is 1. The van der Waals surface area contributed by atoms with Crippen LogP contribution in [0.1, 0.15) is 44.6 Å². The van der Waals surface area contributed by atoms with Crippen molar-refractivity contribution in [2.24, 2.45) is 4.99 Å². The van der Waals surface area contributed by atoms with Crippen molar-refractivity contribution in [3.05, 3.63) is 22.4 Å². The van der Waals surface area contributed by atoms with Gasteiger partial charge in [0.2, 0.25) is 0 Å². The zero-order valence-electron chi connectivity index (χ0n) is 13.5. The Kier molecular flexibility index (Phi) is 9.91. The van der Waals surface area contributed by atoms with Gasteiger partial charge >= 0.3 is 0 Å². The van der Waals surface area contributed by atoms with Crippen LogP contribution in [-0.2, 0) is 4.74 Å². The molecule has 1 rings (SSSR count). The molecular formula is C16H29N3OS. The Labute approximate surface area is 133 Å². The highest BCUT2D eigenvalue weighted by atomic mass is 32.1. The number of guanidine groups is 1. The normalized spacial score (nSPS) is 13.2. The molecule has 5 heteroatoms. The van der Waals surface area contributed by atoms with Crippen LogP contribution in [0, 0.1) is 0 Å². The fourth-order valence-electron chi connectivity index (χ4n) is 1.87. The van der Waals surface area contributed by atoms with Gasteiger partial charge in [-0.2, -0.15) is 11.3 Å². The lowest BCUT2D eigenvalue weighted by Crippen LogP contribution is -2.39. The van der Waals surface area contributed by atoms with Crippen LogP contribution >= 0.6 is 11.3 Å². The minimum atomic E-state index is 0.493. The van der Waals surface area contributed by atoms with Crippen LogP contribution in [0.2, 0.25) is 0 Å². The van der Waals surface area contributed by atoms with E-state index in [1.165, 1.54) is 12.0 Å². The lowest BCUT2D eigenvalue weighted by molar-refractivity contribution is 0.129. The van der Waals surface area contributed by atoms with Gasteiger partial charge in [-0.25, -0.2) is 0 Å². The van der Waals surface area contributed by atoms with Gasteiger partial charge in [0.15, 0.2) is 5.96 Å². The van der Waals surface area contributed by atoms with E-state index in [0.29, 0.717) is 5.92 Å². The van der Waals surface area contributed by atoms with E-state index in [4.69, 9.17) is 4.74 Å². The van der Waals surface area contributed by atoms with E-state index < -0.39 is 0 Å². The van der Waals surface area contributed by atoms with Crippen LogP contribution in [0.5, 0.6) is 0 Å². The summed E-state index contributed by atoms with van der Waals surface area (Å²) < 4.78 is 5.54. The summed E-state index contributed by atoms with van der Waals surface area (Å²) in [5.74, 6) is 1.36. The zero-order chi connectivity index (χ0) is 15.3. The molecule has 120 valence electrons. The maximum absolute atomic E-state index is 5.54. The zero-order valence-corrected chi connectivity index (χ0v) is 14.3. The van der Waals surface area contributed by atoms with Crippen LogP contribution in [0.4, 0.5) is 0 Å². The van der Waals surface area contributed by atoms with Gasteiger partial charge in [0.05, 0.1) is 0 Å². The van der Waals surface area contributed by atoms with Crippen molar-refractivity contribution in [2.45, 2.75) is 39.0 Å². The molecule has 1 unspecified atom stereocenters. The van der Waals surface area contributed by atoms with Crippen LogP contribution in [0.25, 0.3) is 0 Å². The summed E-state index contributed by atoms with van der Waals surface area (Å²) in [6, 6.07) is 2.18. The first-order valence-corrected chi connectivity index (χ1v) is 8.76. The molecule has 0 aliphatic heterocycles. The fraction of sp³-hybridized carbons (Fsp3) is 0.688. The number of nitrogens with one attached hydrogen (secondary N) is 2. The minimum Gasteiger partial charge on any atom is -0.381 e. The van der Waals surface area contributed by atoms with Gasteiger partial charge in [0.25, 0.3) is 0 Å². The van der Waals surface area contributed by atoms with Crippen molar-refractivity contribution in [3.63, 3.8) is 0 Å². The lowest BCUT2D eigenvalue weighted by atomic mass is 10.1. The van der Waals surface area contributed by atoms with Gasteiger partial charge in [-0.3, -0.25) is 4.99 Å². The number of aliphatic imine (C=N–C) groups is 1. The molecule has 1 aromatic rings. The Balaban J connectivity index is 2.09. The van der Waals surface area contributed by atoms with Crippen LogP contribution in [0.3, 0.4) is 0 Å². The van der Waals surface area contributed by atoms with E-state index >= 15 is 0 Å². The molecule has 0 saturated carbocycles. The van der Waals surface area contributed by atoms with Gasteiger partial charge in [-0.1, -0.05) is 20.3 Å². The molecule has 0 spiro atoms. The molecule has 2 N–H and O–H groups in total. The van der Waals surface area contributed by atoms with Crippen LogP contribution in [0.15, 0.2) is 21.8 Å². The monoisotopic (exact) mass is 311 g/mol. The molecule has 0 aliphatic rings. The molecule has 0 fully saturated rings. The van der Waals surface area contributed by atoms with Gasteiger partial charge in [-0.15, -0.1) is 0 Å². The quantitative estimate of drug-likeness (QED) is 0.396. The Hall–Kier alpha value is -1.07. The van der Waals surface area contributed by atoms with Crippen LogP contribution in [-0.4, -0.2) is 39.3 Å². The van der Waals surface area contributed by atoms with Gasteiger partial charge in [-0.05, 0) is 41.1 Å². The number of hydrogen-bond acceptors (Lipinski definition) is 3. The number of hydrogen-bond donors (Lipinski definition) is 2. The predicted molar refractivity (Wildman–Crippen MR) is 92.4 cm³/mol. The van der Waals surface area contributed by atoms with Crippen molar-refractivity contribution in [3.8, 4) is 0 Å². The van der Waals surface area contributed by atoms with Crippen molar-refractivity contribution in [1.82, 2.24) is 10.6 Å². The molecule has 0 saturated heterocycles. The molecule has 1 heterocycles.